The molecule has 88 valence electrons. The Kier molecular flexibility index (Phi) is 4.83. The van der Waals surface area contributed by atoms with Gasteiger partial charge in [0.25, 0.3) is 0 Å². The third-order valence-corrected chi connectivity index (χ3v) is 2.94. The van der Waals surface area contributed by atoms with Crippen molar-refractivity contribution in [3.63, 3.8) is 0 Å². The molecule has 0 atom stereocenters. The molecular formula is C11H13ClO3S. The first-order valence-corrected chi connectivity index (χ1v) is 7.19. The summed E-state index contributed by atoms with van der Waals surface area (Å²) in [6.07, 6.45) is 4.00. The summed E-state index contributed by atoms with van der Waals surface area (Å²) in [4.78, 5) is 0. The molecule has 1 aromatic rings. The van der Waals surface area contributed by atoms with Crippen LogP contribution in [0.1, 0.15) is 5.56 Å². The second kappa shape index (κ2) is 5.92. The molecule has 0 saturated carbocycles. The van der Waals surface area contributed by atoms with Gasteiger partial charge in [0.2, 0.25) is 9.05 Å². The minimum Gasteiger partial charge on any atom is -0.497 e. The number of allylic oxidation sites excluding steroid dienone is 1. The topological polar surface area (TPSA) is 43.4 Å². The molecule has 3 nitrogen and oxygen atoms in total. The zero-order valence-electron chi connectivity index (χ0n) is 8.89. The van der Waals surface area contributed by atoms with Crippen molar-refractivity contribution in [3.05, 3.63) is 42.0 Å². The maximum atomic E-state index is 10.6. The number of ether oxygens (including phenoxy) is 1. The van der Waals surface area contributed by atoms with Crippen molar-refractivity contribution >= 4 is 19.7 Å². The highest BCUT2D eigenvalue weighted by molar-refractivity contribution is 8.13. The van der Waals surface area contributed by atoms with E-state index in [1.807, 2.05) is 24.3 Å². The molecule has 1 rings (SSSR count). The molecule has 0 radical (unpaired) electrons. The molecule has 0 aliphatic heterocycles. The average molecular weight is 261 g/mol. The zero-order chi connectivity index (χ0) is 12.0. The van der Waals surface area contributed by atoms with Crippen molar-refractivity contribution < 1.29 is 13.2 Å². The molecular weight excluding hydrogens is 248 g/mol. The van der Waals surface area contributed by atoms with E-state index in [1.54, 1.807) is 19.3 Å². The lowest BCUT2D eigenvalue weighted by molar-refractivity contribution is 0.414. The largest absolute Gasteiger partial charge is 0.497 e. The number of methoxy groups -OCH3 is 1. The first-order chi connectivity index (χ1) is 7.51. The van der Waals surface area contributed by atoms with Crippen LogP contribution in [0.3, 0.4) is 0 Å². The van der Waals surface area contributed by atoms with Crippen molar-refractivity contribution in [2.45, 2.75) is 6.42 Å². The van der Waals surface area contributed by atoms with E-state index in [-0.39, 0.29) is 5.75 Å². The van der Waals surface area contributed by atoms with E-state index in [4.69, 9.17) is 15.4 Å². The number of rotatable bonds is 5. The summed E-state index contributed by atoms with van der Waals surface area (Å²) in [6, 6.07) is 7.58. The zero-order valence-corrected chi connectivity index (χ0v) is 10.5. The van der Waals surface area contributed by atoms with Gasteiger partial charge >= 0.3 is 0 Å². The number of benzene rings is 1. The third-order valence-electron chi connectivity index (χ3n) is 1.97. The first-order valence-electron chi connectivity index (χ1n) is 4.71. The second-order valence-corrected chi connectivity index (χ2v) is 6.05. The molecule has 5 heteroatoms. The monoisotopic (exact) mass is 260 g/mol. The molecule has 0 bridgehead atoms. The van der Waals surface area contributed by atoms with Crippen LogP contribution in [0.15, 0.2) is 36.4 Å². The van der Waals surface area contributed by atoms with Crippen LogP contribution < -0.4 is 4.74 Å². The molecule has 16 heavy (non-hydrogen) atoms. The van der Waals surface area contributed by atoms with Crippen LogP contribution in [-0.2, 0) is 15.5 Å². The van der Waals surface area contributed by atoms with Gasteiger partial charge in [0.15, 0.2) is 0 Å². The summed E-state index contributed by atoms with van der Waals surface area (Å²) in [5, 5.41) is 0. The van der Waals surface area contributed by atoms with Crippen LogP contribution in [-0.4, -0.2) is 21.3 Å². The summed E-state index contributed by atoms with van der Waals surface area (Å²) < 4.78 is 26.3. The normalized spacial score (nSPS) is 11.9. The van der Waals surface area contributed by atoms with Crippen LogP contribution >= 0.6 is 10.7 Å². The van der Waals surface area contributed by atoms with Gasteiger partial charge in [-0.3, -0.25) is 0 Å². The van der Waals surface area contributed by atoms with Crippen molar-refractivity contribution in [1.82, 2.24) is 0 Å². The van der Waals surface area contributed by atoms with E-state index in [0.29, 0.717) is 6.42 Å². The van der Waals surface area contributed by atoms with Gasteiger partial charge in [-0.15, -0.1) is 0 Å². The smallest absolute Gasteiger partial charge is 0.236 e. The van der Waals surface area contributed by atoms with Crippen LogP contribution in [0.5, 0.6) is 5.75 Å². The summed E-state index contributed by atoms with van der Waals surface area (Å²) in [5.41, 5.74) is 1.09. The fourth-order valence-corrected chi connectivity index (χ4v) is 1.75. The maximum Gasteiger partial charge on any atom is 0.236 e. The Labute approximate surface area is 100 Å². The Bertz CT molecular complexity index is 449. The Hall–Kier alpha value is -1.00. The molecule has 0 spiro atoms. The minimum absolute atomic E-state index is 0.134. The Morgan fingerprint density at radius 1 is 1.25 bits per heavy atom. The van der Waals surface area contributed by atoms with E-state index in [9.17, 15) is 8.42 Å². The highest BCUT2D eigenvalue weighted by Gasteiger charge is 1.99. The van der Waals surface area contributed by atoms with Crippen LogP contribution in [0.25, 0.3) is 0 Å². The molecule has 0 heterocycles. The lowest BCUT2D eigenvalue weighted by atomic mass is 10.1. The van der Waals surface area contributed by atoms with Crippen LogP contribution in [0.2, 0.25) is 0 Å². The van der Waals surface area contributed by atoms with E-state index >= 15 is 0 Å². The SMILES string of the molecule is COc1ccc(C/C=C\CS(=O)(=O)Cl)cc1. The van der Waals surface area contributed by atoms with Gasteiger partial charge in [0, 0.05) is 10.7 Å². The summed E-state index contributed by atoms with van der Waals surface area (Å²) >= 11 is 0. The average Bonchev–Trinajstić information content (AvgIpc) is 2.24. The molecule has 0 saturated heterocycles. The van der Waals surface area contributed by atoms with Gasteiger partial charge < -0.3 is 4.74 Å². The molecule has 0 N–H and O–H groups in total. The number of halogens is 1. The van der Waals surface area contributed by atoms with E-state index < -0.39 is 9.05 Å². The van der Waals surface area contributed by atoms with Gasteiger partial charge in [-0.1, -0.05) is 24.3 Å². The Balaban J connectivity index is 2.48. The van der Waals surface area contributed by atoms with E-state index in [1.165, 1.54) is 0 Å². The van der Waals surface area contributed by atoms with Gasteiger partial charge in [0.1, 0.15) is 5.75 Å². The highest BCUT2D eigenvalue weighted by atomic mass is 35.7. The van der Waals surface area contributed by atoms with E-state index in [0.717, 1.165) is 11.3 Å². The fourth-order valence-electron chi connectivity index (χ4n) is 1.16. The molecule has 0 amide bonds. The predicted octanol–water partition coefficient (Wildman–Crippen LogP) is 2.36. The molecule has 1 aromatic carbocycles. The van der Waals surface area contributed by atoms with Gasteiger partial charge in [-0.2, -0.15) is 0 Å². The fraction of sp³-hybridized carbons (Fsp3) is 0.273. The Morgan fingerprint density at radius 2 is 1.88 bits per heavy atom. The quantitative estimate of drug-likeness (QED) is 0.603. The predicted molar refractivity (Wildman–Crippen MR) is 65.5 cm³/mol. The van der Waals surface area contributed by atoms with Crippen LogP contribution in [0, 0.1) is 0 Å². The van der Waals surface area contributed by atoms with Crippen molar-refractivity contribution in [2.24, 2.45) is 0 Å². The molecule has 0 aliphatic rings. The first kappa shape index (κ1) is 13.1. The third kappa shape index (κ3) is 5.19. The van der Waals surface area contributed by atoms with Gasteiger partial charge in [-0.25, -0.2) is 8.42 Å². The summed E-state index contributed by atoms with van der Waals surface area (Å²) in [5.74, 6) is 0.668. The van der Waals surface area contributed by atoms with E-state index in [2.05, 4.69) is 0 Å². The molecule has 0 unspecified atom stereocenters. The number of hydrogen-bond donors (Lipinski definition) is 0. The second-order valence-electron chi connectivity index (χ2n) is 3.23. The lowest BCUT2D eigenvalue weighted by Crippen LogP contribution is -1.92. The summed E-state index contributed by atoms with van der Waals surface area (Å²) in [6.45, 7) is 0. The molecule has 0 aromatic heterocycles. The minimum atomic E-state index is -3.42. The molecule has 0 aliphatic carbocycles. The van der Waals surface area contributed by atoms with Crippen molar-refractivity contribution in [2.75, 3.05) is 12.9 Å². The highest BCUT2D eigenvalue weighted by Crippen LogP contribution is 2.11. The summed E-state index contributed by atoms with van der Waals surface area (Å²) in [7, 11) is 3.25. The molecule has 0 fully saturated rings. The maximum absolute atomic E-state index is 10.6. The lowest BCUT2D eigenvalue weighted by Gasteiger charge is -2.00. The standard InChI is InChI=1S/C11H13ClO3S/c1-15-11-7-5-10(6-8-11)4-2-3-9-16(12,13)14/h2-3,5-8H,4,9H2,1H3/b3-2-. The van der Waals surface area contributed by atoms with Crippen LogP contribution in [0.4, 0.5) is 0 Å². The van der Waals surface area contributed by atoms with Crippen molar-refractivity contribution in [1.29, 1.82) is 0 Å². The van der Waals surface area contributed by atoms with Gasteiger partial charge in [0.05, 0.1) is 12.9 Å². The van der Waals surface area contributed by atoms with Crippen molar-refractivity contribution in [3.8, 4) is 5.75 Å². The van der Waals surface area contributed by atoms with Gasteiger partial charge in [-0.05, 0) is 24.1 Å². The number of hydrogen-bond acceptors (Lipinski definition) is 3. The Morgan fingerprint density at radius 3 is 2.38 bits per heavy atom.